The minimum Gasteiger partial charge on any atom is -0.381 e. The lowest BCUT2D eigenvalue weighted by Gasteiger charge is -2.13. The minimum absolute atomic E-state index is 0.0552. The van der Waals surface area contributed by atoms with Gasteiger partial charge in [0.05, 0.1) is 18.4 Å². The Kier molecular flexibility index (Phi) is 5.31. The molecule has 1 N–H and O–H groups in total. The van der Waals surface area contributed by atoms with Crippen LogP contribution < -0.4 is 4.72 Å². The van der Waals surface area contributed by atoms with E-state index in [4.69, 9.17) is 10.00 Å². The fourth-order valence-corrected chi connectivity index (χ4v) is 3.26. The average Bonchev–Trinajstić information content (AvgIpc) is 2.89. The van der Waals surface area contributed by atoms with Crippen LogP contribution in [-0.2, 0) is 21.3 Å². The Morgan fingerprint density at radius 1 is 1.39 bits per heavy atom. The van der Waals surface area contributed by atoms with Crippen molar-refractivity contribution in [2.75, 3.05) is 17.6 Å². The number of nitriles is 1. The van der Waals surface area contributed by atoms with Gasteiger partial charge in [0.25, 0.3) is 0 Å². The van der Waals surface area contributed by atoms with Gasteiger partial charge < -0.3 is 4.74 Å². The van der Waals surface area contributed by atoms with Gasteiger partial charge in [0.1, 0.15) is 6.07 Å². The van der Waals surface area contributed by atoms with Crippen molar-refractivity contribution >= 4 is 15.8 Å². The Bertz CT molecular complexity index is 796. The first kappa shape index (κ1) is 16.9. The van der Waals surface area contributed by atoms with Crippen molar-refractivity contribution in [2.24, 2.45) is 0 Å². The zero-order valence-corrected chi connectivity index (χ0v) is 13.6. The first-order chi connectivity index (χ1) is 10.9. The van der Waals surface area contributed by atoms with Gasteiger partial charge in [-0.3, -0.25) is 4.72 Å². The van der Waals surface area contributed by atoms with Gasteiger partial charge in [-0.05, 0) is 12.5 Å². The third kappa shape index (κ3) is 4.51. The SMILES string of the molecule is COC(C)CS(=O)(=O)Nc1c(C#N)nnn1Cc1ccccc1. The summed E-state index contributed by atoms with van der Waals surface area (Å²) in [5.74, 6) is -0.176. The van der Waals surface area contributed by atoms with Gasteiger partial charge >= 0.3 is 0 Å². The quantitative estimate of drug-likeness (QED) is 0.807. The molecule has 1 aromatic heterocycles. The van der Waals surface area contributed by atoms with Crippen LogP contribution in [0, 0.1) is 11.3 Å². The van der Waals surface area contributed by atoms with Crippen molar-refractivity contribution in [1.82, 2.24) is 15.0 Å². The first-order valence-electron chi connectivity index (χ1n) is 6.86. The summed E-state index contributed by atoms with van der Waals surface area (Å²) < 4.78 is 33.0. The van der Waals surface area contributed by atoms with Crippen molar-refractivity contribution in [1.29, 1.82) is 5.26 Å². The summed E-state index contributed by atoms with van der Waals surface area (Å²) in [5, 5.41) is 16.7. The summed E-state index contributed by atoms with van der Waals surface area (Å²) in [4.78, 5) is 0. The van der Waals surface area contributed by atoms with E-state index in [1.807, 2.05) is 36.4 Å². The second kappa shape index (κ2) is 7.21. The zero-order valence-electron chi connectivity index (χ0n) is 12.8. The number of ether oxygens (including phenoxy) is 1. The van der Waals surface area contributed by atoms with E-state index in [9.17, 15) is 8.42 Å². The number of aromatic nitrogens is 3. The Hall–Kier alpha value is -2.44. The smallest absolute Gasteiger partial charge is 0.236 e. The number of rotatable bonds is 7. The number of hydrogen-bond acceptors (Lipinski definition) is 6. The fourth-order valence-electron chi connectivity index (χ4n) is 1.92. The van der Waals surface area contributed by atoms with E-state index in [1.54, 1.807) is 6.92 Å². The minimum atomic E-state index is -3.69. The highest BCUT2D eigenvalue weighted by Crippen LogP contribution is 2.16. The van der Waals surface area contributed by atoms with E-state index in [2.05, 4.69) is 15.0 Å². The van der Waals surface area contributed by atoms with Crippen molar-refractivity contribution in [3.8, 4) is 6.07 Å². The monoisotopic (exact) mass is 335 g/mol. The van der Waals surface area contributed by atoms with Crippen LogP contribution in [-0.4, -0.2) is 42.4 Å². The molecule has 0 spiro atoms. The predicted octanol–water partition coefficient (Wildman–Crippen LogP) is 0.975. The molecule has 1 atom stereocenters. The first-order valence-corrected chi connectivity index (χ1v) is 8.51. The Balaban J connectivity index is 2.27. The molecule has 9 heteroatoms. The third-order valence-electron chi connectivity index (χ3n) is 3.12. The maximum Gasteiger partial charge on any atom is 0.236 e. The largest absolute Gasteiger partial charge is 0.381 e. The summed E-state index contributed by atoms with van der Waals surface area (Å²) in [6, 6.07) is 11.2. The van der Waals surface area contributed by atoms with Crippen LogP contribution in [0.15, 0.2) is 30.3 Å². The van der Waals surface area contributed by atoms with Crippen LogP contribution in [0.4, 0.5) is 5.82 Å². The van der Waals surface area contributed by atoms with Gasteiger partial charge in [-0.25, -0.2) is 13.1 Å². The van der Waals surface area contributed by atoms with Crippen LogP contribution in [0.3, 0.4) is 0 Å². The van der Waals surface area contributed by atoms with Crippen LogP contribution >= 0.6 is 0 Å². The molecular formula is C14H17N5O3S. The molecule has 1 heterocycles. The van der Waals surface area contributed by atoms with Crippen LogP contribution in [0.25, 0.3) is 0 Å². The summed E-state index contributed by atoms with van der Waals surface area (Å²) >= 11 is 0. The number of anilines is 1. The molecule has 122 valence electrons. The maximum absolute atomic E-state index is 12.2. The molecule has 0 aliphatic carbocycles. The highest BCUT2D eigenvalue weighted by Gasteiger charge is 2.21. The second-order valence-corrected chi connectivity index (χ2v) is 6.74. The van der Waals surface area contributed by atoms with Gasteiger partial charge in [-0.2, -0.15) is 5.26 Å². The van der Waals surface area contributed by atoms with Crippen LogP contribution in [0.2, 0.25) is 0 Å². The topological polar surface area (TPSA) is 110 Å². The van der Waals surface area contributed by atoms with Crippen molar-refractivity contribution in [3.63, 3.8) is 0 Å². The number of benzene rings is 1. The van der Waals surface area contributed by atoms with Gasteiger partial charge in [0.2, 0.25) is 15.7 Å². The Labute approximate surface area is 134 Å². The normalized spacial score (nSPS) is 12.6. The molecule has 1 unspecified atom stereocenters. The van der Waals surface area contributed by atoms with E-state index in [0.29, 0.717) is 6.54 Å². The fraction of sp³-hybridized carbons (Fsp3) is 0.357. The number of sulfonamides is 1. The molecule has 0 fully saturated rings. The molecule has 0 saturated carbocycles. The van der Waals surface area contributed by atoms with E-state index in [0.717, 1.165) is 5.56 Å². The molecule has 2 rings (SSSR count). The van der Waals surface area contributed by atoms with Crippen LogP contribution in [0.5, 0.6) is 0 Å². The third-order valence-corrected chi connectivity index (χ3v) is 4.54. The lowest BCUT2D eigenvalue weighted by Crippen LogP contribution is -2.27. The second-order valence-electron chi connectivity index (χ2n) is 4.97. The number of nitrogens with zero attached hydrogens (tertiary/aromatic N) is 4. The Morgan fingerprint density at radius 2 is 2.09 bits per heavy atom. The van der Waals surface area contributed by atoms with Crippen LogP contribution in [0.1, 0.15) is 18.2 Å². The molecule has 0 aliphatic rings. The van der Waals surface area contributed by atoms with Crippen molar-refractivity contribution in [3.05, 3.63) is 41.6 Å². The number of hydrogen-bond donors (Lipinski definition) is 1. The lowest BCUT2D eigenvalue weighted by atomic mass is 10.2. The van der Waals surface area contributed by atoms with E-state index >= 15 is 0 Å². The molecule has 0 aliphatic heterocycles. The number of nitrogens with one attached hydrogen (secondary N) is 1. The van der Waals surface area contributed by atoms with Crippen molar-refractivity contribution in [2.45, 2.75) is 19.6 Å². The predicted molar refractivity (Wildman–Crippen MR) is 84.2 cm³/mol. The molecule has 23 heavy (non-hydrogen) atoms. The zero-order chi connectivity index (χ0) is 16.9. The van der Waals surface area contributed by atoms with Gasteiger partial charge in [0, 0.05) is 7.11 Å². The highest BCUT2D eigenvalue weighted by molar-refractivity contribution is 7.92. The summed E-state index contributed by atoms with van der Waals surface area (Å²) in [6.07, 6.45) is -0.475. The Morgan fingerprint density at radius 3 is 2.70 bits per heavy atom. The molecule has 8 nitrogen and oxygen atoms in total. The van der Waals surface area contributed by atoms with E-state index in [1.165, 1.54) is 11.8 Å². The summed E-state index contributed by atoms with van der Waals surface area (Å²) in [6.45, 7) is 1.94. The highest BCUT2D eigenvalue weighted by atomic mass is 32.2. The molecule has 0 saturated heterocycles. The lowest BCUT2D eigenvalue weighted by molar-refractivity contribution is 0.136. The van der Waals surface area contributed by atoms with E-state index in [-0.39, 0.29) is 17.3 Å². The summed E-state index contributed by atoms with van der Waals surface area (Å²) in [7, 11) is -2.26. The maximum atomic E-state index is 12.2. The molecular weight excluding hydrogens is 318 g/mol. The molecule has 1 aromatic carbocycles. The molecule has 2 aromatic rings. The summed E-state index contributed by atoms with van der Waals surface area (Å²) in [5.41, 5.74) is 0.835. The van der Waals surface area contributed by atoms with Crippen molar-refractivity contribution < 1.29 is 13.2 Å². The van der Waals surface area contributed by atoms with Gasteiger partial charge in [0.15, 0.2) is 5.82 Å². The molecule has 0 amide bonds. The average molecular weight is 335 g/mol. The van der Waals surface area contributed by atoms with E-state index < -0.39 is 16.1 Å². The molecule has 0 bridgehead atoms. The van der Waals surface area contributed by atoms with Gasteiger partial charge in [-0.15, -0.1) is 5.10 Å². The van der Waals surface area contributed by atoms with Gasteiger partial charge in [-0.1, -0.05) is 35.5 Å². The number of methoxy groups -OCH3 is 1. The molecule has 0 radical (unpaired) electrons. The standard InChI is InChI=1S/C14H17N5O3S/c1-11(22-2)10-23(20,21)17-14-13(8-15)16-18-19(14)9-12-6-4-3-5-7-12/h3-7,11,17H,9-10H2,1-2H3.